The van der Waals surface area contributed by atoms with Crippen molar-refractivity contribution < 1.29 is 9.47 Å². The van der Waals surface area contributed by atoms with Crippen LogP contribution in [0.1, 0.15) is 26.7 Å². The third-order valence-corrected chi connectivity index (χ3v) is 3.82. The molecule has 2 rings (SSSR count). The molecule has 18 heavy (non-hydrogen) atoms. The molecule has 3 heteroatoms. The Morgan fingerprint density at radius 3 is 2.50 bits per heavy atom. The Hall–Kier alpha value is -1.22. The Balaban J connectivity index is 2.11. The number of para-hydroxylation sites is 2. The topological polar surface area (TPSA) is 30.5 Å². The molecule has 0 radical (unpaired) electrons. The van der Waals surface area contributed by atoms with Crippen molar-refractivity contribution >= 4 is 0 Å². The Bertz CT molecular complexity index is 377. The van der Waals surface area contributed by atoms with Gasteiger partial charge in [0.05, 0.1) is 0 Å². The van der Waals surface area contributed by atoms with Crippen LogP contribution in [0.15, 0.2) is 24.3 Å². The van der Waals surface area contributed by atoms with Gasteiger partial charge in [0.15, 0.2) is 11.5 Å². The van der Waals surface area contributed by atoms with Gasteiger partial charge in [-0.15, -0.1) is 0 Å². The normalized spacial score (nSPS) is 19.9. The van der Waals surface area contributed by atoms with E-state index in [2.05, 4.69) is 19.2 Å². The number of ether oxygens (including phenoxy) is 2. The predicted molar refractivity (Wildman–Crippen MR) is 73.3 cm³/mol. The molecule has 1 aromatic rings. The molecule has 2 unspecified atom stereocenters. The van der Waals surface area contributed by atoms with Gasteiger partial charge in [0.2, 0.25) is 0 Å². The fourth-order valence-corrected chi connectivity index (χ4v) is 2.73. The highest BCUT2D eigenvalue weighted by atomic mass is 16.6. The summed E-state index contributed by atoms with van der Waals surface area (Å²) in [4.78, 5) is 0. The average Bonchev–Trinajstić information content (AvgIpc) is 2.44. The minimum atomic E-state index is 0.0924. The van der Waals surface area contributed by atoms with Crippen LogP contribution in [0.25, 0.3) is 0 Å². The highest BCUT2D eigenvalue weighted by Crippen LogP contribution is 2.33. The van der Waals surface area contributed by atoms with E-state index in [0.29, 0.717) is 18.6 Å². The van der Waals surface area contributed by atoms with Crippen molar-refractivity contribution in [1.29, 1.82) is 0 Å². The molecule has 0 fully saturated rings. The first-order valence-corrected chi connectivity index (χ1v) is 6.85. The van der Waals surface area contributed by atoms with Crippen LogP contribution in [0.2, 0.25) is 0 Å². The van der Waals surface area contributed by atoms with Crippen molar-refractivity contribution in [2.24, 2.45) is 5.92 Å². The molecule has 0 bridgehead atoms. The standard InChI is InChI=1S/C15H23NO2/c1-4-11(5-2)15(16-3)14-10-17-12-8-6-7-9-13(12)18-14/h6-9,11,14-16H,4-5,10H2,1-3H3. The average molecular weight is 249 g/mol. The molecular formula is C15H23NO2. The lowest BCUT2D eigenvalue weighted by molar-refractivity contribution is 0.0445. The molecule has 3 nitrogen and oxygen atoms in total. The Morgan fingerprint density at radius 1 is 1.22 bits per heavy atom. The van der Waals surface area contributed by atoms with Gasteiger partial charge in [0.25, 0.3) is 0 Å². The first-order valence-electron chi connectivity index (χ1n) is 6.85. The number of benzene rings is 1. The Labute approximate surface area is 109 Å². The monoisotopic (exact) mass is 249 g/mol. The van der Waals surface area contributed by atoms with Crippen molar-refractivity contribution in [2.75, 3.05) is 13.7 Å². The fraction of sp³-hybridized carbons (Fsp3) is 0.600. The zero-order valence-electron chi connectivity index (χ0n) is 11.5. The van der Waals surface area contributed by atoms with E-state index in [1.165, 1.54) is 0 Å². The number of likely N-dealkylation sites (N-methyl/N-ethyl adjacent to an activating group) is 1. The van der Waals surface area contributed by atoms with Crippen molar-refractivity contribution in [3.05, 3.63) is 24.3 Å². The van der Waals surface area contributed by atoms with Gasteiger partial charge in [-0.1, -0.05) is 38.8 Å². The first kappa shape index (κ1) is 13.2. The SMILES string of the molecule is CCC(CC)C(NC)C1COc2ccccc2O1. The van der Waals surface area contributed by atoms with Crippen LogP contribution in [0.4, 0.5) is 0 Å². The molecule has 0 aliphatic carbocycles. The van der Waals surface area contributed by atoms with Crippen LogP contribution in [-0.2, 0) is 0 Å². The van der Waals surface area contributed by atoms with E-state index in [-0.39, 0.29) is 6.10 Å². The second kappa shape index (κ2) is 6.10. The van der Waals surface area contributed by atoms with E-state index >= 15 is 0 Å². The zero-order chi connectivity index (χ0) is 13.0. The van der Waals surface area contributed by atoms with Crippen molar-refractivity contribution in [1.82, 2.24) is 5.32 Å². The van der Waals surface area contributed by atoms with E-state index in [0.717, 1.165) is 24.3 Å². The number of hydrogen-bond donors (Lipinski definition) is 1. The lowest BCUT2D eigenvalue weighted by Gasteiger charge is -2.35. The van der Waals surface area contributed by atoms with Gasteiger partial charge in [0.1, 0.15) is 12.7 Å². The minimum absolute atomic E-state index is 0.0924. The Morgan fingerprint density at radius 2 is 1.89 bits per heavy atom. The maximum atomic E-state index is 6.08. The van der Waals surface area contributed by atoms with Gasteiger partial charge in [0, 0.05) is 6.04 Å². The molecule has 1 heterocycles. The summed E-state index contributed by atoms with van der Waals surface area (Å²) in [6.07, 6.45) is 2.40. The molecule has 1 aliphatic heterocycles. The van der Waals surface area contributed by atoms with Crippen LogP contribution in [0, 0.1) is 5.92 Å². The summed E-state index contributed by atoms with van der Waals surface area (Å²) in [5.74, 6) is 2.34. The summed E-state index contributed by atoms with van der Waals surface area (Å²) in [5.41, 5.74) is 0. The van der Waals surface area contributed by atoms with Crippen LogP contribution in [0.3, 0.4) is 0 Å². The molecular weight excluding hydrogens is 226 g/mol. The van der Waals surface area contributed by atoms with Gasteiger partial charge in [-0.05, 0) is 25.1 Å². The predicted octanol–water partition coefficient (Wildman–Crippen LogP) is 2.85. The molecule has 0 aromatic heterocycles. The highest BCUT2D eigenvalue weighted by molar-refractivity contribution is 5.40. The third-order valence-electron chi connectivity index (χ3n) is 3.82. The summed E-state index contributed by atoms with van der Waals surface area (Å²) < 4.78 is 11.9. The molecule has 0 spiro atoms. The maximum Gasteiger partial charge on any atom is 0.161 e. The maximum absolute atomic E-state index is 6.08. The number of hydrogen-bond acceptors (Lipinski definition) is 3. The van der Waals surface area contributed by atoms with Gasteiger partial charge in [-0.2, -0.15) is 0 Å². The van der Waals surface area contributed by atoms with Gasteiger partial charge < -0.3 is 14.8 Å². The summed E-state index contributed by atoms with van der Waals surface area (Å²) in [5, 5.41) is 3.40. The number of nitrogens with one attached hydrogen (secondary N) is 1. The van der Waals surface area contributed by atoms with Crippen molar-refractivity contribution in [3.8, 4) is 11.5 Å². The van der Waals surface area contributed by atoms with Gasteiger partial charge in [-0.3, -0.25) is 0 Å². The van der Waals surface area contributed by atoms with Crippen LogP contribution >= 0.6 is 0 Å². The number of rotatable bonds is 5. The zero-order valence-corrected chi connectivity index (χ0v) is 11.5. The lowest BCUT2D eigenvalue weighted by atomic mass is 9.90. The van der Waals surface area contributed by atoms with Crippen LogP contribution in [-0.4, -0.2) is 25.8 Å². The van der Waals surface area contributed by atoms with Crippen LogP contribution < -0.4 is 14.8 Å². The lowest BCUT2D eigenvalue weighted by Crippen LogP contribution is -2.50. The van der Waals surface area contributed by atoms with Gasteiger partial charge in [-0.25, -0.2) is 0 Å². The quantitative estimate of drug-likeness (QED) is 0.870. The Kier molecular flexibility index (Phi) is 4.48. The van der Waals surface area contributed by atoms with Crippen molar-refractivity contribution in [2.45, 2.75) is 38.8 Å². The van der Waals surface area contributed by atoms with E-state index in [1.807, 2.05) is 31.3 Å². The molecule has 1 aliphatic rings. The number of fused-ring (bicyclic) bond motifs is 1. The first-order chi connectivity index (χ1) is 8.80. The summed E-state index contributed by atoms with van der Waals surface area (Å²) >= 11 is 0. The molecule has 0 saturated heterocycles. The summed E-state index contributed by atoms with van der Waals surface area (Å²) in [6, 6.07) is 8.22. The third kappa shape index (κ3) is 2.61. The largest absolute Gasteiger partial charge is 0.486 e. The van der Waals surface area contributed by atoms with Crippen LogP contribution in [0.5, 0.6) is 11.5 Å². The molecule has 2 atom stereocenters. The van der Waals surface area contributed by atoms with Gasteiger partial charge >= 0.3 is 0 Å². The fourth-order valence-electron chi connectivity index (χ4n) is 2.73. The second-order valence-corrected chi connectivity index (χ2v) is 4.81. The highest BCUT2D eigenvalue weighted by Gasteiger charge is 2.31. The van der Waals surface area contributed by atoms with E-state index in [1.54, 1.807) is 0 Å². The van der Waals surface area contributed by atoms with E-state index in [4.69, 9.17) is 9.47 Å². The summed E-state index contributed by atoms with van der Waals surface area (Å²) in [6.45, 7) is 5.09. The van der Waals surface area contributed by atoms with Crippen molar-refractivity contribution in [3.63, 3.8) is 0 Å². The molecule has 0 amide bonds. The minimum Gasteiger partial charge on any atom is -0.486 e. The second-order valence-electron chi connectivity index (χ2n) is 4.81. The van der Waals surface area contributed by atoms with E-state index in [9.17, 15) is 0 Å². The molecule has 100 valence electrons. The molecule has 0 saturated carbocycles. The molecule has 1 N–H and O–H groups in total. The summed E-state index contributed by atoms with van der Waals surface area (Å²) in [7, 11) is 2.01. The molecule has 1 aromatic carbocycles. The smallest absolute Gasteiger partial charge is 0.161 e. The van der Waals surface area contributed by atoms with E-state index < -0.39 is 0 Å².